The second kappa shape index (κ2) is 8.97. The number of hydrogen-bond acceptors (Lipinski definition) is 3. The largest absolute Gasteiger partial charge is 0.349 e. The fourth-order valence-electron chi connectivity index (χ4n) is 2.85. The molecule has 1 aromatic heterocycles. The Labute approximate surface area is 179 Å². The summed E-state index contributed by atoms with van der Waals surface area (Å²) in [5.74, 6) is -0.255. The van der Waals surface area contributed by atoms with Crippen LogP contribution in [0, 0.1) is 0 Å². The van der Waals surface area contributed by atoms with Crippen molar-refractivity contribution < 1.29 is 9.59 Å². The van der Waals surface area contributed by atoms with Gasteiger partial charge < -0.3 is 10.6 Å². The molecule has 2 N–H and O–H groups in total. The third-order valence-electron chi connectivity index (χ3n) is 4.71. The van der Waals surface area contributed by atoms with Gasteiger partial charge in [0, 0.05) is 41.0 Å². The fourth-order valence-corrected chi connectivity index (χ4v) is 2.97. The average Bonchev–Trinajstić information content (AvgIpc) is 3.45. The normalized spacial score (nSPS) is 13.4. The number of nitrogens with one attached hydrogen (secondary N) is 2. The van der Waals surface area contributed by atoms with Crippen LogP contribution in [-0.2, 0) is 11.3 Å². The molecule has 1 fully saturated rings. The van der Waals surface area contributed by atoms with E-state index in [-0.39, 0.29) is 11.8 Å². The summed E-state index contributed by atoms with van der Waals surface area (Å²) in [4.78, 5) is 24.1. The van der Waals surface area contributed by atoms with E-state index in [2.05, 4.69) is 15.7 Å². The molecule has 2 aromatic carbocycles. The lowest BCUT2D eigenvalue weighted by Gasteiger charge is -2.03. The Hall–Kier alpha value is -3.38. The minimum Gasteiger partial charge on any atom is -0.349 e. The number of rotatable bonds is 7. The van der Waals surface area contributed by atoms with Gasteiger partial charge in [-0.15, -0.1) is 0 Å². The lowest BCUT2D eigenvalue weighted by Crippen LogP contribution is -2.25. The van der Waals surface area contributed by atoms with Gasteiger partial charge in [0.1, 0.15) is 0 Å². The van der Waals surface area contributed by atoms with Gasteiger partial charge in [-0.25, -0.2) is 4.68 Å². The Morgan fingerprint density at radius 1 is 1.10 bits per heavy atom. The first kappa shape index (κ1) is 19.9. The minimum absolute atomic E-state index is 0.0510. The number of carbonyl (C=O) groups is 2. The van der Waals surface area contributed by atoms with Crippen molar-refractivity contribution >= 4 is 29.5 Å². The van der Waals surface area contributed by atoms with Crippen LogP contribution in [-0.4, -0.2) is 27.6 Å². The molecule has 0 saturated heterocycles. The molecular weight excluding hydrogens is 400 g/mol. The van der Waals surface area contributed by atoms with E-state index in [1.54, 1.807) is 41.2 Å². The fraction of sp³-hybridized carbons (Fsp3) is 0.174. The summed E-state index contributed by atoms with van der Waals surface area (Å²) in [6.45, 7) is 0.372. The second-order valence-corrected chi connectivity index (χ2v) is 7.63. The van der Waals surface area contributed by atoms with Gasteiger partial charge in [0.15, 0.2) is 0 Å². The molecule has 152 valence electrons. The van der Waals surface area contributed by atoms with Gasteiger partial charge >= 0.3 is 0 Å². The molecule has 0 unspecified atom stereocenters. The summed E-state index contributed by atoms with van der Waals surface area (Å²) < 4.78 is 1.73. The Morgan fingerprint density at radius 3 is 2.53 bits per heavy atom. The number of aromatic nitrogens is 2. The minimum atomic E-state index is -0.204. The standard InChI is InChI=1S/C23H21ClN4O2/c24-19-6-10-21(11-7-19)28-15-17(14-26-28)13-25-22(29)12-3-16-1-4-18(5-2-16)23(30)27-20-8-9-20/h1-7,10-12,14-15,20H,8-9,13H2,(H,25,29)(H,27,30)/b12-3+. The van der Waals surface area contributed by atoms with Crippen molar-refractivity contribution in [3.05, 3.63) is 88.7 Å². The molecule has 0 aliphatic heterocycles. The van der Waals surface area contributed by atoms with Crippen LogP contribution in [0.5, 0.6) is 0 Å². The molecule has 1 saturated carbocycles. The van der Waals surface area contributed by atoms with Gasteiger partial charge in [-0.05, 0) is 60.9 Å². The average molecular weight is 421 g/mol. The molecule has 3 aromatic rings. The number of carbonyl (C=O) groups excluding carboxylic acids is 2. The molecule has 2 amide bonds. The molecule has 0 spiro atoms. The van der Waals surface area contributed by atoms with E-state index >= 15 is 0 Å². The Balaban J connectivity index is 1.27. The van der Waals surface area contributed by atoms with E-state index in [1.807, 2.05) is 30.5 Å². The van der Waals surface area contributed by atoms with Crippen LogP contribution in [0.1, 0.15) is 34.3 Å². The van der Waals surface area contributed by atoms with Crippen molar-refractivity contribution in [1.29, 1.82) is 0 Å². The number of amides is 2. The first-order valence-corrected chi connectivity index (χ1v) is 10.1. The number of nitrogens with zero attached hydrogens (tertiary/aromatic N) is 2. The van der Waals surface area contributed by atoms with Crippen LogP contribution in [0.15, 0.2) is 67.0 Å². The molecule has 1 heterocycles. The monoisotopic (exact) mass is 420 g/mol. The summed E-state index contributed by atoms with van der Waals surface area (Å²) >= 11 is 5.90. The predicted octanol–water partition coefficient (Wildman–Crippen LogP) is 3.75. The molecular formula is C23H21ClN4O2. The second-order valence-electron chi connectivity index (χ2n) is 7.19. The topological polar surface area (TPSA) is 76.0 Å². The van der Waals surface area contributed by atoms with E-state index in [4.69, 9.17) is 11.6 Å². The van der Waals surface area contributed by atoms with Gasteiger partial charge in [-0.2, -0.15) is 5.10 Å². The SMILES string of the molecule is O=C(/C=C/c1ccc(C(=O)NC2CC2)cc1)NCc1cnn(-c2ccc(Cl)cc2)c1. The van der Waals surface area contributed by atoms with Crippen molar-refractivity contribution in [2.24, 2.45) is 0 Å². The summed E-state index contributed by atoms with van der Waals surface area (Å²) in [5, 5.41) is 10.8. The third-order valence-corrected chi connectivity index (χ3v) is 4.96. The molecule has 1 aliphatic carbocycles. The highest BCUT2D eigenvalue weighted by Crippen LogP contribution is 2.19. The smallest absolute Gasteiger partial charge is 0.251 e. The maximum Gasteiger partial charge on any atom is 0.251 e. The van der Waals surface area contributed by atoms with Crippen LogP contribution < -0.4 is 10.6 Å². The zero-order valence-corrected chi connectivity index (χ0v) is 17.0. The number of hydrogen-bond donors (Lipinski definition) is 2. The number of benzene rings is 2. The van der Waals surface area contributed by atoms with Crippen molar-refractivity contribution in [3.8, 4) is 5.69 Å². The molecule has 0 bridgehead atoms. The summed E-state index contributed by atoms with van der Waals surface area (Å²) in [6.07, 6.45) is 8.88. The van der Waals surface area contributed by atoms with E-state index in [0.717, 1.165) is 29.7 Å². The lowest BCUT2D eigenvalue weighted by molar-refractivity contribution is -0.116. The highest BCUT2D eigenvalue weighted by atomic mass is 35.5. The summed E-state index contributed by atoms with van der Waals surface area (Å²) in [6, 6.07) is 14.9. The highest BCUT2D eigenvalue weighted by molar-refractivity contribution is 6.30. The van der Waals surface area contributed by atoms with Crippen LogP contribution in [0.3, 0.4) is 0 Å². The summed E-state index contributed by atoms with van der Waals surface area (Å²) in [7, 11) is 0. The van der Waals surface area contributed by atoms with Gasteiger partial charge in [0.2, 0.25) is 5.91 Å². The van der Waals surface area contributed by atoms with E-state index in [1.165, 1.54) is 6.08 Å². The zero-order chi connectivity index (χ0) is 20.9. The molecule has 30 heavy (non-hydrogen) atoms. The van der Waals surface area contributed by atoms with Crippen LogP contribution >= 0.6 is 11.6 Å². The van der Waals surface area contributed by atoms with Gasteiger partial charge in [0.05, 0.1) is 11.9 Å². The first-order valence-electron chi connectivity index (χ1n) is 9.73. The van der Waals surface area contributed by atoms with E-state index in [0.29, 0.717) is 23.2 Å². The van der Waals surface area contributed by atoms with Gasteiger partial charge in [-0.3, -0.25) is 9.59 Å². The number of halogens is 1. The molecule has 7 heteroatoms. The van der Waals surface area contributed by atoms with Crippen molar-refractivity contribution in [1.82, 2.24) is 20.4 Å². The van der Waals surface area contributed by atoms with Gasteiger partial charge in [-0.1, -0.05) is 23.7 Å². The van der Waals surface area contributed by atoms with Crippen molar-refractivity contribution in [2.45, 2.75) is 25.4 Å². The van der Waals surface area contributed by atoms with Crippen molar-refractivity contribution in [3.63, 3.8) is 0 Å². The van der Waals surface area contributed by atoms with Crippen LogP contribution in [0.25, 0.3) is 11.8 Å². The highest BCUT2D eigenvalue weighted by Gasteiger charge is 2.23. The third kappa shape index (κ3) is 5.36. The molecule has 1 aliphatic rings. The molecule has 0 radical (unpaired) electrons. The van der Waals surface area contributed by atoms with Crippen molar-refractivity contribution in [2.75, 3.05) is 0 Å². The Kier molecular flexibility index (Phi) is 5.95. The maximum atomic E-state index is 12.1. The van der Waals surface area contributed by atoms with Crippen LogP contribution in [0.4, 0.5) is 0 Å². The molecule has 4 rings (SSSR count). The quantitative estimate of drug-likeness (QED) is 0.571. The van der Waals surface area contributed by atoms with E-state index in [9.17, 15) is 9.59 Å². The zero-order valence-electron chi connectivity index (χ0n) is 16.2. The lowest BCUT2D eigenvalue weighted by atomic mass is 10.1. The first-order chi connectivity index (χ1) is 14.6. The Morgan fingerprint density at radius 2 is 1.83 bits per heavy atom. The molecule has 0 atom stereocenters. The predicted molar refractivity (Wildman–Crippen MR) is 116 cm³/mol. The van der Waals surface area contributed by atoms with Gasteiger partial charge in [0.25, 0.3) is 5.91 Å². The Bertz CT molecular complexity index is 1070. The maximum absolute atomic E-state index is 12.1. The van der Waals surface area contributed by atoms with Crippen LogP contribution in [0.2, 0.25) is 5.02 Å². The summed E-state index contributed by atoms with van der Waals surface area (Å²) in [5.41, 5.74) is 3.26. The van der Waals surface area contributed by atoms with E-state index < -0.39 is 0 Å². The molecule has 6 nitrogen and oxygen atoms in total.